The van der Waals surface area contributed by atoms with Crippen molar-refractivity contribution in [2.75, 3.05) is 5.75 Å². The molecule has 3 nitrogen and oxygen atoms in total. The van der Waals surface area contributed by atoms with Crippen LogP contribution in [0.1, 0.15) is 50.1 Å². The molecule has 0 fully saturated rings. The maximum absolute atomic E-state index is 8.94. The van der Waals surface area contributed by atoms with Crippen molar-refractivity contribution in [1.29, 1.82) is 5.26 Å². The second-order valence-corrected chi connectivity index (χ2v) is 6.67. The second-order valence-electron chi connectivity index (χ2n) is 5.60. The van der Waals surface area contributed by atoms with Crippen molar-refractivity contribution in [3.8, 4) is 6.07 Å². The van der Waals surface area contributed by atoms with Crippen molar-refractivity contribution in [1.82, 2.24) is 9.97 Å². The molecule has 1 aromatic heterocycles. The zero-order chi connectivity index (χ0) is 14.5. The van der Waals surface area contributed by atoms with Gasteiger partial charge in [-0.25, -0.2) is 9.97 Å². The van der Waals surface area contributed by atoms with Gasteiger partial charge >= 0.3 is 0 Å². The first kappa shape index (κ1) is 16.0. The quantitative estimate of drug-likeness (QED) is 0.444. The Kier molecular flexibility index (Phi) is 5.81. The smallest absolute Gasteiger partial charge is 0.187 e. The van der Waals surface area contributed by atoms with Crippen LogP contribution in [-0.2, 0) is 0 Å². The number of aryl methyl sites for hydroxylation is 2. The molecule has 0 aromatic carbocycles. The topological polar surface area (TPSA) is 49.6 Å². The van der Waals surface area contributed by atoms with Crippen LogP contribution < -0.4 is 0 Å². The van der Waals surface area contributed by atoms with Gasteiger partial charge in [0.25, 0.3) is 0 Å². The molecular weight excluding hydrogens is 254 g/mol. The molecule has 0 aliphatic rings. The van der Waals surface area contributed by atoms with Gasteiger partial charge in [-0.2, -0.15) is 5.26 Å². The molecule has 0 saturated carbocycles. The fourth-order valence-electron chi connectivity index (χ4n) is 1.69. The summed E-state index contributed by atoms with van der Waals surface area (Å²) in [5.74, 6) is 1.02. The van der Waals surface area contributed by atoms with E-state index in [0.717, 1.165) is 41.6 Å². The first-order valence-electron chi connectivity index (χ1n) is 6.71. The predicted molar refractivity (Wildman–Crippen MR) is 80.2 cm³/mol. The minimum absolute atomic E-state index is 0.196. The summed E-state index contributed by atoms with van der Waals surface area (Å²) in [6.45, 7) is 10.1. The summed E-state index contributed by atoms with van der Waals surface area (Å²) in [4.78, 5) is 8.99. The lowest BCUT2D eigenvalue weighted by atomic mass is 9.89. The highest BCUT2D eigenvalue weighted by molar-refractivity contribution is 7.99. The molecule has 0 radical (unpaired) electrons. The molecule has 0 saturated heterocycles. The molecule has 1 rings (SSSR count). The fourth-order valence-corrected chi connectivity index (χ4v) is 2.63. The average Bonchev–Trinajstić information content (AvgIpc) is 2.35. The summed E-state index contributed by atoms with van der Waals surface area (Å²) in [6, 6.07) is 2.34. The van der Waals surface area contributed by atoms with Crippen LogP contribution in [0, 0.1) is 37.5 Å². The van der Waals surface area contributed by atoms with Crippen molar-refractivity contribution in [3.05, 3.63) is 17.0 Å². The molecule has 4 heteroatoms. The van der Waals surface area contributed by atoms with Gasteiger partial charge in [-0.1, -0.05) is 18.2 Å². The number of hydrogen-bond acceptors (Lipinski definition) is 4. The van der Waals surface area contributed by atoms with Gasteiger partial charge in [-0.3, -0.25) is 0 Å². The minimum Gasteiger partial charge on any atom is -0.228 e. The van der Waals surface area contributed by atoms with Gasteiger partial charge in [0.2, 0.25) is 0 Å². The van der Waals surface area contributed by atoms with Crippen molar-refractivity contribution in [2.45, 2.75) is 59.0 Å². The lowest BCUT2D eigenvalue weighted by Gasteiger charge is -2.14. The van der Waals surface area contributed by atoms with Crippen molar-refractivity contribution >= 4 is 11.8 Å². The largest absolute Gasteiger partial charge is 0.228 e. The zero-order valence-corrected chi connectivity index (χ0v) is 13.4. The Hall–Kier alpha value is -1.08. The molecule has 0 bridgehead atoms. The van der Waals surface area contributed by atoms with E-state index in [-0.39, 0.29) is 5.41 Å². The first-order chi connectivity index (χ1) is 8.85. The van der Waals surface area contributed by atoms with Crippen LogP contribution >= 0.6 is 11.8 Å². The third kappa shape index (κ3) is 5.20. The number of hydrogen-bond donors (Lipinski definition) is 0. The third-order valence-electron chi connectivity index (χ3n) is 3.34. The molecule has 1 aromatic rings. The highest BCUT2D eigenvalue weighted by atomic mass is 32.2. The van der Waals surface area contributed by atoms with Gasteiger partial charge in [0.05, 0.1) is 11.5 Å². The normalized spacial score (nSPS) is 11.4. The first-order valence-corrected chi connectivity index (χ1v) is 7.70. The van der Waals surface area contributed by atoms with E-state index in [1.807, 2.05) is 27.7 Å². The predicted octanol–water partition coefficient (Wildman–Crippen LogP) is 4.21. The van der Waals surface area contributed by atoms with Crippen LogP contribution in [0.4, 0.5) is 0 Å². The number of rotatable bonds is 6. The van der Waals surface area contributed by atoms with Gasteiger partial charge in [-0.15, -0.1) is 0 Å². The van der Waals surface area contributed by atoms with Gasteiger partial charge < -0.3 is 0 Å². The summed E-state index contributed by atoms with van der Waals surface area (Å²) in [6.07, 6.45) is 3.14. The Morgan fingerprint density at radius 3 is 2.21 bits per heavy atom. The van der Waals surface area contributed by atoms with E-state index in [2.05, 4.69) is 23.0 Å². The number of nitriles is 1. The number of thioether (sulfide) groups is 1. The summed E-state index contributed by atoms with van der Waals surface area (Å²) >= 11 is 1.71. The molecule has 0 atom stereocenters. The molecule has 19 heavy (non-hydrogen) atoms. The van der Waals surface area contributed by atoms with Gasteiger partial charge in [0.1, 0.15) is 0 Å². The monoisotopic (exact) mass is 277 g/mol. The Bertz CT molecular complexity index is 452. The molecule has 1 heterocycles. The summed E-state index contributed by atoms with van der Waals surface area (Å²) < 4.78 is 0. The Labute approximate surface area is 120 Å². The van der Waals surface area contributed by atoms with Gasteiger partial charge in [-0.05, 0) is 53.0 Å². The second kappa shape index (κ2) is 6.91. The average molecular weight is 277 g/mol. The molecule has 0 aliphatic carbocycles. The van der Waals surface area contributed by atoms with E-state index in [0.29, 0.717) is 0 Å². The summed E-state index contributed by atoms with van der Waals surface area (Å²) in [5, 5.41) is 9.82. The molecular formula is C15H23N3S. The van der Waals surface area contributed by atoms with Crippen molar-refractivity contribution in [2.24, 2.45) is 5.41 Å². The lowest BCUT2D eigenvalue weighted by molar-refractivity contribution is 0.433. The molecule has 104 valence electrons. The number of unbranched alkanes of at least 4 members (excludes halogenated alkanes) is 1. The van der Waals surface area contributed by atoms with Gasteiger partial charge in [0, 0.05) is 17.1 Å². The third-order valence-corrected chi connectivity index (χ3v) is 4.28. The van der Waals surface area contributed by atoms with Crippen LogP contribution in [0.2, 0.25) is 0 Å². The molecule has 0 spiro atoms. The van der Waals surface area contributed by atoms with Crippen LogP contribution in [0.5, 0.6) is 0 Å². The van der Waals surface area contributed by atoms with Crippen LogP contribution in [-0.4, -0.2) is 15.7 Å². The van der Waals surface area contributed by atoms with Gasteiger partial charge in [0.15, 0.2) is 5.16 Å². The van der Waals surface area contributed by atoms with E-state index in [1.165, 1.54) is 5.56 Å². The summed E-state index contributed by atoms with van der Waals surface area (Å²) in [5.41, 5.74) is 3.12. The Balaban J connectivity index is 2.37. The van der Waals surface area contributed by atoms with Crippen LogP contribution in [0.15, 0.2) is 5.16 Å². The molecule has 0 N–H and O–H groups in total. The van der Waals surface area contributed by atoms with E-state index in [4.69, 9.17) is 5.26 Å². The van der Waals surface area contributed by atoms with Crippen molar-refractivity contribution in [3.63, 3.8) is 0 Å². The minimum atomic E-state index is -0.196. The number of nitrogens with zero attached hydrogens (tertiary/aromatic N) is 3. The molecule has 0 amide bonds. The lowest BCUT2D eigenvalue weighted by Crippen LogP contribution is -2.07. The zero-order valence-electron chi connectivity index (χ0n) is 12.6. The number of aromatic nitrogens is 2. The SMILES string of the molecule is Cc1nc(SCCCCC(C)(C)C#N)nc(C)c1C. The van der Waals surface area contributed by atoms with E-state index in [1.54, 1.807) is 11.8 Å². The Morgan fingerprint density at radius 2 is 1.68 bits per heavy atom. The summed E-state index contributed by atoms with van der Waals surface area (Å²) in [7, 11) is 0. The highest BCUT2D eigenvalue weighted by Gasteiger charge is 2.15. The van der Waals surface area contributed by atoms with Crippen LogP contribution in [0.3, 0.4) is 0 Å². The van der Waals surface area contributed by atoms with E-state index >= 15 is 0 Å². The van der Waals surface area contributed by atoms with Crippen molar-refractivity contribution < 1.29 is 0 Å². The molecule has 0 unspecified atom stereocenters. The van der Waals surface area contributed by atoms with Crippen LogP contribution in [0.25, 0.3) is 0 Å². The standard InChI is InChI=1S/C15H23N3S/c1-11-12(2)17-14(18-13(11)3)19-9-7-6-8-15(4,5)10-16/h6-9H2,1-5H3. The maximum Gasteiger partial charge on any atom is 0.187 e. The van der Waals surface area contributed by atoms with E-state index in [9.17, 15) is 0 Å². The highest BCUT2D eigenvalue weighted by Crippen LogP contribution is 2.24. The molecule has 0 aliphatic heterocycles. The van der Waals surface area contributed by atoms with E-state index < -0.39 is 0 Å². The fraction of sp³-hybridized carbons (Fsp3) is 0.667. The maximum atomic E-state index is 8.94. The Morgan fingerprint density at radius 1 is 1.11 bits per heavy atom.